The van der Waals surface area contributed by atoms with Crippen LogP contribution in [0.1, 0.15) is 39.5 Å². The Morgan fingerprint density at radius 3 is 2.79 bits per heavy atom. The first-order chi connectivity index (χ1) is 9.04. The van der Waals surface area contributed by atoms with E-state index in [4.69, 9.17) is 10.9 Å². The Hall–Kier alpha value is -0.810. The molecular weight excluding hydrogens is 240 g/mol. The molecule has 1 saturated heterocycles. The van der Waals surface area contributed by atoms with Crippen molar-refractivity contribution in [2.45, 2.75) is 45.6 Å². The lowest BCUT2D eigenvalue weighted by atomic mass is 10.0. The lowest BCUT2D eigenvalue weighted by molar-refractivity contribution is 0.263. The largest absolute Gasteiger partial charge is 0.409 e. The number of hydrogen-bond donors (Lipinski definition) is 3. The molecule has 110 valence electrons. The van der Waals surface area contributed by atoms with Crippen LogP contribution in [0.25, 0.3) is 0 Å². The number of rotatable bonds is 7. The fourth-order valence-corrected chi connectivity index (χ4v) is 3.05. The smallest absolute Gasteiger partial charge is 0.139 e. The second-order valence-corrected chi connectivity index (χ2v) is 6.64. The van der Waals surface area contributed by atoms with Gasteiger partial charge in [-0.3, -0.25) is 0 Å². The van der Waals surface area contributed by atoms with Gasteiger partial charge in [-0.1, -0.05) is 5.16 Å². The van der Waals surface area contributed by atoms with Crippen LogP contribution in [0.15, 0.2) is 5.16 Å². The predicted octanol–water partition coefficient (Wildman–Crippen LogP) is 1.22. The molecule has 1 saturated carbocycles. The van der Waals surface area contributed by atoms with Crippen molar-refractivity contribution < 1.29 is 5.21 Å². The fourth-order valence-electron chi connectivity index (χ4n) is 3.05. The van der Waals surface area contributed by atoms with Crippen LogP contribution < -0.4 is 11.1 Å². The molecule has 2 fully saturated rings. The summed E-state index contributed by atoms with van der Waals surface area (Å²) in [5.74, 6) is 1.15. The fraction of sp³-hybridized carbons (Fsp3) is 0.929. The first kappa shape index (κ1) is 14.6. The minimum Gasteiger partial charge on any atom is -0.409 e. The summed E-state index contributed by atoms with van der Waals surface area (Å²) in [5.41, 5.74) is 5.88. The van der Waals surface area contributed by atoms with Gasteiger partial charge in [0, 0.05) is 25.6 Å². The summed E-state index contributed by atoms with van der Waals surface area (Å²) in [4.78, 5) is 2.55. The summed E-state index contributed by atoms with van der Waals surface area (Å²) < 4.78 is 0. The van der Waals surface area contributed by atoms with E-state index < -0.39 is 0 Å². The molecule has 0 amide bonds. The molecule has 0 bridgehead atoms. The summed E-state index contributed by atoms with van der Waals surface area (Å²) in [6.07, 6.45) is 4.41. The molecule has 0 aromatic carbocycles. The zero-order valence-electron chi connectivity index (χ0n) is 12.2. The summed E-state index contributed by atoms with van der Waals surface area (Å²) in [6, 6.07) is 0.667. The quantitative estimate of drug-likeness (QED) is 0.281. The first-order valence-electron chi connectivity index (χ1n) is 7.46. The van der Waals surface area contributed by atoms with Gasteiger partial charge in [0.2, 0.25) is 0 Å². The Morgan fingerprint density at radius 1 is 1.53 bits per heavy atom. The van der Waals surface area contributed by atoms with Crippen molar-refractivity contribution in [1.82, 2.24) is 10.2 Å². The molecule has 0 aromatic rings. The molecule has 1 aliphatic heterocycles. The van der Waals surface area contributed by atoms with Gasteiger partial charge in [0.1, 0.15) is 5.84 Å². The Bertz CT molecular complexity index is 325. The van der Waals surface area contributed by atoms with Crippen molar-refractivity contribution in [2.75, 3.05) is 26.2 Å². The zero-order valence-corrected chi connectivity index (χ0v) is 12.2. The highest BCUT2D eigenvalue weighted by Gasteiger charge is 2.43. The number of likely N-dealkylation sites (tertiary alicyclic amines) is 1. The minimum atomic E-state index is 0.270. The normalized spacial score (nSPS) is 27.1. The third kappa shape index (κ3) is 4.08. The van der Waals surface area contributed by atoms with Crippen molar-refractivity contribution in [2.24, 2.45) is 22.2 Å². The van der Waals surface area contributed by atoms with Gasteiger partial charge in [0.05, 0.1) is 0 Å². The molecule has 5 heteroatoms. The molecule has 5 nitrogen and oxygen atoms in total. The van der Waals surface area contributed by atoms with E-state index in [9.17, 15) is 0 Å². The molecule has 0 spiro atoms. The highest BCUT2D eigenvalue weighted by atomic mass is 16.4. The molecule has 1 aliphatic carbocycles. The number of oxime groups is 1. The van der Waals surface area contributed by atoms with Crippen LogP contribution in [0.3, 0.4) is 0 Å². The van der Waals surface area contributed by atoms with Gasteiger partial charge in [-0.25, -0.2) is 0 Å². The highest BCUT2D eigenvalue weighted by Crippen LogP contribution is 2.48. The molecule has 0 aromatic heterocycles. The summed E-state index contributed by atoms with van der Waals surface area (Å²) in [6.45, 7) is 9.09. The van der Waals surface area contributed by atoms with Crippen LogP contribution in [0.5, 0.6) is 0 Å². The number of nitrogens with zero attached hydrogens (tertiary/aromatic N) is 2. The second kappa shape index (κ2) is 6.09. The predicted molar refractivity (Wildman–Crippen MR) is 77.4 cm³/mol. The summed E-state index contributed by atoms with van der Waals surface area (Å²) >= 11 is 0. The van der Waals surface area contributed by atoms with E-state index in [0.29, 0.717) is 11.9 Å². The van der Waals surface area contributed by atoms with E-state index in [-0.39, 0.29) is 5.41 Å². The Balaban J connectivity index is 1.65. The average molecular weight is 268 g/mol. The first-order valence-corrected chi connectivity index (χ1v) is 7.46. The molecule has 2 aliphatic rings. The molecule has 2 rings (SSSR count). The monoisotopic (exact) mass is 268 g/mol. The molecule has 4 N–H and O–H groups in total. The van der Waals surface area contributed by atoms with Crippen LogP contribution in [0.2, 0.25) is 0 Å². The second-order valence-electron chi connectivity index (χ2n) is 6.64. The van der Waals surface area contributed by atoms with Crippen molar-refractivity contribution in [1.29, 1.82) is 0 Å². The molecular formula is C14H28N4O. The molecule has 0 radical (unpaired) electrons. The number of hydrogen-bond acceptors (Lipinski definition) is 4. The zero-order chi connectivity index (χ0) is 13.9. The average Bonchev–Trinajstić information content (AvgIpc) is 2.95. The van der Waals surface area contributed by atoms with Crippen LogP contribution >= 0.6 is 0 Å². The maximum atomic E-state index is 8.64. The van der Waals surface area contributed by atoms with Crippen molar-refractivity contribution >= 4 is 5.84 Å². The molecule has 19 heavy (non-hydrogen) atoms. The highest BCUT2D eigenvalue weighted by molar-refractivity contribution is 5.80. The van der Waals surface area contributed by atoms with Crippen LogP contribution in [-0.2, 0) is 0 Å². The Kier molecular flexibility index (Phi) is 4.68. The van der Waals surface area contributed by atoms with E-state index in [1.165, 1.54) is 32.4 Å². The van der Waals surface area contributed by atoms with Crippen molar-refractivity contribution in [3.05, 3.63) is 0 Å². The van der Waals surface area contributed by atoms with Crippen LogP contribution in [0, 0.1) is 11.3 Å². The molecule has 1 atom stereocenters. The van der Waals surface area contributed by atoms with Crippen LogP contribution in [-0.4, -0.2) is 48.2 Å². The SMILES string of the molecule is CC(C)N1CCC(CNCC2(CC(N)=NO)CC2)C1. The minimum absolute atomic E-state index is 0.270. The van der Waals surface area contributed by atoms with Gasteiger partial charge in [0.25, 0.3) is 0 Å². The molecule has 1 unspecified atom stereocenters. The van der Waals surface area contributed by atoms with Crippen molar-refractivity contribution in [3.8, 4) is 0 Å². The van der Waals surface area contributed by atoms with Gasteiger partial charge in [-0.05, 0) is 57.5 Å². The number of nitrogens with one attached hydrogen (secondary N) is 1. The third-order valence-corrected chi connectivity index (χ3v) is 4.62. The van der Waals surface area contributed by atoms with E-state index >= 15 is 0 Å². The van der Waals surface area contributed by atoms with Gasteiger partial charge in [0.15, 0.2) is 0 Å². The van der Waals surface area contributed by atoms with E-state index in [1.807, 2.05) is 0 Å². The Labute approximate surface area is 116 Å². The summed E-state index contributed by atoms with van der Waals surface area (Å²) in [7, 11) is 0. The van der Waals surface area contributed by atoms with E-state index in [2.05, 4.69) is 29.2 Å². The maximum absolute atomic E-state index is 8.64. The topological polar surface area (TPSA) is 73.9 Å². The standard InChI is InChI=1S/C14H28N4O/c1-11(2)18-6-3-12(9-18)8-16-10-14(4-5-14)7-13(15)17-19/h11-12,16,19H,3-10H2,1-2H3,(H2,15,17). The van der Waals surface area contributed by atoms with Gasteiger partial charge < -0.3 is 21.2 Å². The third-order valence-electron chi connectivity index (χ3n) is 4.62. The van der Waals surface area contributed by atoms with Gasteiger partial charge >= 0.3 is 0 Å². The maximum Gasteiger partial charge on any atom is 0.139 e. The molecule has 1 heterocycles. The van der Waals surface area contributed by atoms with E-state index in [0.717, 1.165) is 25.4 Å². The Morgan fingerprint density at radius 2 is 2.26 bits per heavy atom. The van der Waals surface area contributed by atoms with Crippen LogP contribution in [0.4, 0.5) is 0 Å². The number of amidine groups is 1. The number of nitrogens with two attached hydrogens (primary N) is 1. The lowest BCUT2D eigenvalue weighted by Crippen LogP contribution is -2.33. The summed E-state index contributed by atoms with van der Waals surface area (Å²) in [5, 5.41) is 15.3. The van der Waals surface area contributed by atoms with E-state index in [1.54, 1.807) is 0 Å². The van der Waals surface area contributed by atoms with Crippen molar-refractivity contribution in [3.63, 3.8) is 0 Å². The lowest BCUT2D eigenvalue weighted by Gasteiger charge is -2.21. The van der Waals surface area contributed by atoms with Gasteiger partial charge in [-0.15, -0.1) is 0 Å². The van der Waals surface area contributed by atoms with Gasteiger partial charge in [-0.2, -0.15) is 0 Å².